The van der Waals surface area contributed by atoms with E-state index in [9.17, 15) is 0 Å². The second-order valence-electron chi connectivity index (χ2n) is 3.41. The lowest BCUT2D eigenvalue weighted by molar-refractivity contribution is 0.378. The quantitative estimate of drug-likeness (QED) is 0.338. The van der Waals surface area contributed by atoms with E-state index >= 15 is 0 Å². The Morgan fingerprint density at radius 3 is 2.33 bits per heavy atom. The smallest absolute Gasteiger partial charge is 0.0791 e. The summed E-state index contributed by atoms with van der Waals surface area (Å²) in [6.45, 7) is 7.49. The molecule has 0 aromatic heterocycles. The Morgan fingerprint density at radius 1 is 1.44 bits per heavy atom. The summed E-state index contributed by atoms with van der Waals surface area (Å²) in [6, 6.07) is 0. The first-order valence-corrected chi connectivity index (χ1v) is 3.28. The second kappa shape index (κ2) is 3.49. The molecule has 0 aliphatic heterocycles. The van der Waals surface area contributed by atoms with E-state index in [1.165, 1.54) is 6.34 Å². The van der Waals surface area contributed by atoms with E-state index < -0.39 is 0 Å². The summed E-state index contributed by atoms with van der Waals surface area (Å²) < 4.78 is 0. The maximum absolute atomic E-state index is 6.67. The van der Waals surface area contributed by atoms with Crippen LogP contribution in [0, 0.1) is 10.8 Å². The minimum Gasteiger partial charge on any atom is -0.377 e. The molecule has 0 unspecified atom stereocenters. The third kappa shape index (κ3) is 7.47. The molecule has 0 amide bonds. The molecule has 0 saturated heterocycles. The molecule has 0 heterocycles. The van der Waals surface area contributed by atoms with Crippen molar-refractivity contribution in [3.63, 3.8) is 0 Å². The maximum Gasteiger partial charge on any atom is 0.0791 e. The number of nitrogens with one attached hydrogen (secondary N) is 2. The van der Waals surface area contributed by atoms with Gasteiger partial charge in [0.2, 0.25) is 0 Å². The summed E-state index contributed by atoms with van der Waals surface area (Å²) in [6.07, 6.45) is 2.36. The molecule has 54 valence electrons. The standard InChI is InChI=1S/C7H16N2/c1-7(2,3)4-5-9-6-8/h6H,4-5H2,1-3H3,(H2,8,9). The average molecular weight is 128 g/mol. The fourth-order valence-electron chi connectivity index (χ4n) is 0.519. The molecule has 0 rings (SSSR count). The van der Waals surface area contributed by atoms with Crippen molar-refractivity contribution < 1.29 is 0 Å². The maximum atomic E-state index is 6.67. The van der Waals surface area contributed by atoms with Gasteiger partial charge in [-0.2, -0.15) is 0 Å². The lowest BCUT2D eigenvalue weighted by Gasteiger charge is -2.16. The largest absolute Gasteiger partial charge is 0.377 e. The summed E-state index contributed by atoms with van der Waals surface area (Å²) in [5.41, 5.74) is 0.385. The van der Waals surface area contributed by atoms with Gasteiger partial charge in [0.05, 0.1) is 6.34 Å². The normalized spacial score (nSPS) is 11.0. The second-order valence-corrected chi connectivity index (χ2v) is 3.41. The lowest BCUT2D eigenvalue weighted by atomic mass is 9.92. The minimum absolute atomic E-state index is 0.385. The molecule has 2 N–H and O–H groups in total. The summed E-state index contributed by atoms with van der Waals surface area (Å²) in [5.74, 6) is 0. The van der Waals surface area contributed by atoms with E-state index in [0.717, 1.165) is 13.0 Å². The first-order valence-electron chi connectivity index (χ1n) is 3.28. The highest BCUT2D eigenvalue weighted by molar-refractivity contribution is 5.49. The fourth-order valence-corrected chi connectivity index (χ4v) is 0.519. The fraction of sp³-hybridized carbons (Fsp3) is 0.857. The molecule has 0 aliphatic carbocycles. The van der Waals surface area contributed by atoms with Gasteiger partial charge in [-0.05, 0) is 11.8 Å². The van der Waals surface area contributed by atoms with Gasteiger partial charge in [0, 0.05) is 6.54 Å². The summed E-state index contributed by atoms with van der Waals surface area (Å²) >= 11 is 0. The third-order valence-electron chi connectivity index (χ3n) is 1.12. The summed E-state index contributed by atoms with van der Waals surface area (Å²) in [5, 5.41) is 9.52. The molecule has 0 aliphatic rings. The third-order valence-corrected chi connectivity index (χ3v) is 1.12. The van der Waals surface area contributed by atoms with Gasteiger partial charge in [-0.15, -0.1) is 0 Å². The van der Waals surface area contributed by atoms with Crippen LogP contribution in [-0.4, -0.2) is 12.9 Å². The van der Waals surface area contributed by atoms with E-state index in [4.69, 9.17) is 5.41 Å². The Morgan fingerprint density at radius 2 is 2.00 bits per heavy atom. The first kappa shape index (κ1) is 8.47. The van der Waals surface area contributed by atoms with Crippen molar-refractivity contribution in [2.24, 2.45) is 5.41 Å². The van der Waals surface area contributed by atoms with Gasteiger partial charge in [-0.1, -0.05) is 20.8 Å². The van der Waals surface area contributed by atoms with Crippen LogP contribution in [0.5, 0.6) is 0 Å². The van der Waals surface area contributed by atoms with Crippen LogP contribution in [0.2, 0.25) is 0 Å². The molecule has 9 heavy (non-hydrogen) atoms. The molecule has 0 bridgehead atoms. The Kier molecular flexibility index (Phi) is 3.28. The highest BCUT2D eigenvalue weighted by atomic mass is 14.9. The predicted octanol–water partition coefficient (Wildman–Crippen LogP) is 1.62. The highest BCUT2D eigenvalue weighted by Crippen LogP contribution is 2.16. The Labute approximate surface area is 57.2 Å². The van der Waals surface area contributed by atoms with Crippen LogP contribution in [0.1, 0.15) is 27.2 Å². The van der Waals surface area contributed by atoms with E-state index in [1.807, 2.05) is 0 Å². The minimum atomic E-state index is 0.385. The van der Waals surface area contributed by atoms with Crippen molar-refractivity contribution in [2.75, 3.05) is 6.54 Å². The molecular formula is C7H16N2. The van der Waals surface area contributed by atoms with Crippen molar-refractivity contribution in [1.29, 1.82) is 5.41 Å². The van der Waals surface area contributed by atoms with E-state index in [1.54, 1.807) is 0 Å². The molecule has 0 fully saturated rings. The van der Waals surface area contributed by atoms with Crippen LogP contribution in [-0.2, 0) is 0 Å². The Hall–Kier alpha value is -0.530. The zero-order chi connectivity index (χ0) is 7.33. The number of hydrogen-bond acceptors (Lipinski definition) is 1. The SMILES string of the molecule is CC(C)(C)CCNC=N. The molecule has 0 spiro atoms. The lowest BCUT2D eigenvalue weighted by Crippen LogP contribution is -2.18. The molecule has 0 aromatic rings. The Bertz CT molecular complexity index is 81.4. The van der Waals surface area contributed by atoms with E-state index in [-0.39, 0.29) is 0 Å². The van der Waals surface area contributed by atoms with Crippen molar-refractivity contribution in [1.82, 2.24) is 5.32 Å². The van der Waals surface area contributed by atoms with Gasteiger partial charge < -0.3 is 5.32 Å². The molecule has 2 heteroatoms. The molecule has 2 nitrogen and oxygen atoms in total. The van der Waals surface area contributed by atoms with Gasteiger partial charge in [-0.3, -0.25) is 5.41 Å². The zero-order valence-corrected chi connectivity index (χ0v) is 6.49. The number of rotatable bonds is 3. The van der Waals surface area contributed by atoms with Gasteiger partial charge in [0.1, 0.15) is 0 Å². The Balaban J connectivity index is 3.17. The van der Waals surface area contributed by atoms with Crippen LogP contribution in [0.3, 0.4) is 0 Å². The monoisotopic (exact) mass is 128 g/mol. The molecule has 0 saturated carbocycles. The number of hydrogen-bond donors (Lipinski definition) is 2. The first-order chi connectivity index (χ1) is 4.06. The van der Waals surface area contributed by atoms with Crippen molar-refractivity contribution >= 4 is 6.34 Å². The van der Waals surface area contributed by atoms with E-state index in [2.05, 4.69) is 26.1 Å². The van der Waals surface area contributed by atoms with Gasteiger partial charge in [0.15, 0.2) is 0 Å². The average Bonchev–Trinajstić information content (AvgIpc) is 1.63. The van der Waals surface area contributed by atoms with Crippen molar-refractivity contribution in [3.8, 4) is 0 Å². The molecule has 0 atom stereocenters. The van der Waals surface area contributed by atoms with Gasteiger partial charge in [-0.25, -0.2) is 0 Å². The van der Waals surface area contributed by atoms with Gasteiger partial charge in [0.25, 0.3) is 0 Å². The van der Waals surface area contributed by atoms with Crippen LogP contribution >= 0.6 is 0 Å². The summed E-state index contributed by atoms with van der Waals surface area (Å²) in [7, 11) is 0. The molecular weight excluding hydrogens is 112 g/mol. The van der Waals surface area contributed by atoms with Gasteiger partial charge >= 0.3 is 0 Å². The van der Waals surface area contributed by atoms with E-state index in [0.29, 0.717) is 5.41 Å². The van der Waals surface area contributed by atoms with Crippen LogP contribution in [0.4, 0.5) is 0 Å². The van der Waals surface area contributed by atoms with Crippen molar-refractivity contribution in [3.05, 3.63) is 0 Å². The highest BCUT2D eigenvalue weighted by Gasteiger charge is 2.07. The van der Waals surface area contributed by atoms with Crippen LogP contribution < -0.4 is 5.32 Å². The zero-order valence-electron chi connectivity index (χ0n) is 6.49. The molecule has 0 radical (unpaired) electrons. The van der Waals surface area contributed by atoms with Crippen molar-refractivity contribution in [2.45, 2.75) is 27.2 Å². The van der Waals surface area contributed by atoms with Crippen LogP contribution in [0.25, 0.3) is 0 Å². The van der Waals surface area contributed by atoms with Crippen LogP contribution in [0.15, 0.2) is 0 Å². The summed E-state index contributed by atoms with van der Waals surface area (Å²) in [4.78, 5) is 0. The topological polar surface area (TPSA) is 35.9 Å². The predicted molar refractivity (Wildman–Crippen MR) is 40.9 cm³/mol. The molecule has 0 aromatic carbocycles.